The minimum absolute atomic E-state index is 0.357. The second-order valence-electron chi connectivity index (χ2n) is 4.63. The van der Waals surface area contributed by atoms with Gasteiger partial charge in [-0.25, -0.2) is 13.5 Å². The highest BCUT2D eigenvalue weighted by Crippen LogP contribution is 2.14. The molecule has 0 aliphatic heterocycles. The number of nitrogens with zero attached hydrogens (tertiary/aromatic N) is 2. The van der Waals surface area contributed by atoms with Crippen LogP contribution in [0.15, 0.2) is 60.9 Å². The number of benzene rings is 2. The normalized spacial score (nSPS) is 10.6. The van der Waals surface area contributed by atoms with Crippen LogP contribution in [-0.4, -0.2) is 9.78 Å². The van der Waals surface area contributed by atoms with Crippen molar-refractivity contribution in [3.8, 4) is 5.69 Å². The number of aromatic nitrogens is 2. The van der Waals surface area contributed by atoms with E-state index in [1.165, 1.54) is 12.1 Å². The third kappa shape index (κ3) is 3.25. The first kappa shape index (κ1) is 13.3. The number of anilines is 1. The summed E-state index contributed by atoms with van der Waals surface area (Å²) in [6.07, 6.45) is 3.57. The Bertz CT molecular complexity index is 702. The lowest BCUT2D eigenvalue weighted by Crippen LogP contribution is -2.01. The van der Waals surface area contributed by atoms with Crippen LogP contribution in [0.5, 0.6) is 0 Å². The third-order valence-electron chi connectivity index (χ3n) is 3.06. The summed E-state index contributed by atoms with van der Waals surface area (Å²) in [5.74, 6) is -1.14. The molecule has 0 unspecified atom stereocenters. The first-order valence-electron chi connectivity index (χ1n) is 6.50. The number of hydrogen-bond acceptors (Lipinski definition) is 2. The van der Waals surface area contributed by atoms with Gasteiger partial charge in [-0.15, -0.1) is 0 Å². The first-order valence-corrected chi connectivity index (χ1v) is 6.50. The Kier molecular flexibility index (Phi) is 3.64. The highest BCUT2D eigenvalue weighted by molar-refractivity contribution is 5.48. The first-order chi connectivity index (χ1) is 10.2. The fourth-order valence-electron chi connectivity index (χ4n) is 2.07. The molecular weight excluding hydrogens is 272 g/mol. The highest BCUT2D eigenvalue weighted by Gasteiger charge is 2.01. The van der Waals surface area contributed by atoms with Crippen molar-refractivity contribution in [2.45, 2.75) is 6.54 Å². The zero-order valence-corrected chi connectivity index (χ0v) is 11.1. The van der Waals surface area contributed by atoms with Crippen molar-refractivity contribution in [3.05, 3.63) is 78.1 Å². The number of rotatable bonds is 4. The number of halogens is 2. The van der Waals surface area contributed by atoms with E-state index in [0.717, 1.165) is 17.4 Å². The molecule has 0 atom stereocenters. The van der Waals surface area contributed by atoms with Crippen LogP contribution in [0.2, 0.25) is 0 Å². The average molecular weight is 285 g/mol. The Morgan fingerprint density at radius 3 is 2.33 bits per heavy atom. The highest BCUT2D eigenvalue weighted by atomic mass is 19.1. The van der Waals surface area contributed by atoms with Crippen LogP contribution in [0.3, 0.4) is 0 Å². The second kappa shape index (κ2) is 5.75. The standard InChI is InChI=1S/C16H13F2N3/c17-13-8-12(9-14(18)10-13)11-19-15-2-4-16(5-3-15)21-7-1-6-20-21/h1-10,19H,11H2. The van der Waals surface area contributed by atoms with Gasteiger partial charge in [0.05, 0.1) is 5.69 Å². The SMILES string of the molecule is Fc1cc(F)cc(CNc2ccc(-n3cccn3)cc2)c1. The molecular formula is C16H13F2N3. The van der Waals surface area contributed by atoms with E-state index in [1.807, 2.05) is 36.5 Å². The van der Waals surface area contributed by atoms with Gasteiger partial charge in [-0.1, -0.05) is 0 Å². The minimum Gasteiger partial charge on any atom is -0.381 e. The van der Waals surface area contributed by atoms with Crippen LogP contribution >= 0.6 is 0 Å². The topological polar surface area (TPSA) is 29.9 Å². The fourth-order valence-corrected chi connectivity index (χ4v) is 2.07. The number of nitrogens with one attached hydrogen (secondary N) is 1. The maximum Gasteiger partial charge on any atom is 0.126 e. The summed E-state index contributed by atoms with van der Waals surface area (Å²) < 4.78 is 27.9. The van der Waals surface area contributed by atoms with Crippen LogP contribution in [-0.2, 0) is 6.54 Å². The van der Waals surface area contributed by atoms with Crippen LogP contribution in [0.4, 0.5) is 14.5 Å². The maximum absolute atomic E-state index is 13.1. The summed E-state index contributed by atoms with van der Waals surface area (Å²) in [6, 6.07) is 13.0. The lowest BCUT2D eigenvalue weighted by molar-refractivity contribution is 0.580. The third-order valence-corrected chi connectivity index (χ3v) is 3.06. The fraction of sp³-hybridized carbons (Fsp3) is 0.0625. The second-order valence-corrected chi connectivity index (χ2v) is 4.63. The van der Waals surface area contributed by atoms with Crippen LogP contribution < -0.4 is 5.32 Å². The molecule has 0 aliphatic rings. The van der Waals surface area contributed by atoms with E-state index in [0.29, 0.717) is 12.1 Å². The summed E-state index contributed by atoms with van der Waals surface area (Å²) in [7, 11) is 0. The quantitative estimate of drug-likeness (QED) is 0.791. The summed E-state index contributed by atoms with van der Waals surface area (Å²) in [5, 5.41) is 7.27. The van der Waals surface area contributed by atoms with Crippen molar-refractivity contribution in [3.63, 3.8) is 0 Å². The Labute approximate surface area is 120 Å². The minimum atomic E-state index is -0.569. The van der Waals surface area contributed by atoms with E-state index in [9.17, 15) is 8.78 Å². The van der Waals surface area contributed by atoms with Crippen LogP contribution in [0.25, 0.3) is 5.69 Å². The van der Waals surface area contributed by atoms with Gasteiger partial charge in [-0.2, -0.15) is 5.10 Å². The van der Waals surface area contributed by atoms with Crippen molar-refractivity contribution >= 4 is 5.69 Å². The summed E-state index contributed by atoms with van der Waals surface area (Å²) >= 11 is 0. The predicted molar refractivity (Wildman–Crippen MR) is 77.2 cm³/mol. The Morgan fingerprint density at radius 2 is 1.71 bits per heavy atom. The molecule has 0 amide bonds. The van der Waals surface area contributed by atoms with Gasteiger partial charge in [0.1, 0.15) is 11.6 Å². The van der Waals surface area contributed by atoms with Gasteiger partial charge in [-0.05, 0) is 48.0 Å². The monoisotopic (exact) mass is 285 g/mol. The van der Waals surface area contributed by atoms with E-state index in [2.05, 4.69) is 10.4 Å². The molecule has 1 aromatic heterocycles. The lowest BCUT2D eigenvalue weighted by Gasteiger charge is -2.08. The summed E-state index contributed by atoms with van der Waals surface area (Å²) in [6.45, 7) is 0.357. The molecule has 0 saturated carbocycles. The van der Waals surface area contributed by atoms with Gasteiger partial charge >= 0.3 is 0 Å². The van der Waals surface area contributed by atoms with E-state index in [-0.39, 0.29) is 0 Å². The molecule has 3 aromatic rings. The Morgan fingerprint density at radius 1 is 1.00 bits per heavy atom. The molecule has 0 saturated heterocycles. The zero-order valence-electron chi connectivity index (χ0n) is 11.1. The molecule has 0 spiro atoms. The maximum atomic E-state index is 13.1. The van der Waals surface area contributed by atoms with Gasteiger partial charge in [0, 0.05) is 30.7 Å². The van der Waals surface area contributed by atoms with Crippen LogP contribution in [0.1, 0.15) is 5.56 Å². The summed E-state index contributed by atoms with van der Waals surface area (Å²) in [4.78, 5) is 0. The lowest BCUT2D eigenvalue weighted by atomic mass is 10.2. The Balaban J connectivity index is 1.68. The predicted octanol–water partition coefficient (Wildman–Crippen LogP) is 3.76. The average Bonchev–Trinajstić information content (AvgIpc) is 2.99. The van der Waals surface area contributed by atoms with Crippen molar-refractivity contribution < 1.29 is 8.78 Å². The number of hydrogen-bond donors (Lipinski definition) is 1. The van der Waals surface area contributed by atoms with Crippen molar-refractivity contribution in [1.29, 1.82) is 0 Å². The zero-order chi connectivity index (χ0) is 14.7. The van der Waals surface area contributed by atoms with Gasteiger partial charge in [0.25, 0.3) is 0 Å². The molecule has 3 rings (SSSR count). The molecule has 1 heterocycles. The molecule has 0 fully saturated rings. The van der Waals surface area contributed by atoms with Crippen molar-refractivity contribution in [2.24, 2.45) is 0 Å². The van der Waals surface area contributed by atoms with Gasteiger partial charge < -0.3 is 5.32 Å². The van der Waals surface area contributed by atoms with E-state index >= 15 is 0 Å². The van der Waals surface area contributed by atoms with E-state index in [1.54, 1.807) is 10.9 Å². The van der Waals surface area contributed by atoms with Gasteiger partial charge in [-0.3, -0.25) is 0 Å². The Hall–Kier alpha value is -2.69. The summed E-state index contributed by atoms with van der Waals surface area (Å²) in [5.41, 5.74) is 2.38. The molecule has 1 N–H and O–H groups in total. The molecule has 0 radical (unpaired) electrons. The smallest absolute Gasteiger partial charge is 0.126 e. The van der Waals surface area contributed by atoms with Gasteiger partial charge in [0.2, 0.25) is 0 Å². The molecule has 0 bridgehead atoms. The van der Waals surface area contributed by atoms with Crippen molar-refractivity contribution in [2.75, 3.05) is 5.32 Å². The molecule has 3 nitrogen and oxygen atoms in total. The van der Waals surface area contributed by atoms with Gasteiger partial charge in [0.15, 0.2) is 0 Å². The molecule has 0 aliphatic carbocycles. The van der Waals surface area contributed by atoms with E-state index in [4.69, 9.17) is 0 Å². The van der Waals surface area contributed by atoms with Crippen molar-refractivity contribution in [1.82, 2.24) is 9.78 Å². The largest absolute Gasteiger partial charge is 0.381 e. The molecule has 2 aromatic carbocycles. The molecule has 5 heteroatoms. The van der Waals surface area contributed by atoms with Crippen LogP contribution in [0, 0.1) is 11.6 Å². The van der Waals surface area contributed by atoms with E-state index < -0.39 is 11.6 Å². The molecule has 21 heavy (non-hydrogen) atoms. The molecule has 106 valence electrons.